The number of hydrogen-bond donors (Lipinski definition) is 1. The van der Waals surface area contributed by atoms with Crippen molar-refractivity contribution in [3.8, 4) is 0 Å². The van der Waals surface area contributed by atoms with E-state index in [1.165, 1.54) is 35.2 Å². The van der Waals surface area contributed by atoms with Gasteiger partial charge in [-0.1, -0.05) is 11.2 Å². The molecule has 1 N–H and O–H groups in total. The molecule has 9 nitrogen and oxygen atoms in total. The summed E-state index contributed by atoms with van der Waals surface area (Å²) in [4.78, 5) is 36.0. The van der Waals surface area contributed by atoms with Gasteiger partial charge in [0.05, 0.1) is 4.92 Å². The van der Waals surface area contributed by atoms with Crippen LogP contribution in [-0.4, -0.2) is 39.9 Å². The third-order valence-corrected chi connectivity index (χ3v) is 3.19. The van der Waals surface area contributed by atoms with Crippen molar-refractivity contribution in [3.05, 3.63) is 64.4 Å². The Morgan fingerprint density at radius 3 is 2.60 bits per heavy atom. The van der Waals surface area contributed by atoms with E-state index in [0.29, 0.717) is 5.76 Å². The van der Waals surface area contributed by atoms with E-state index >= 15 is 0 Å². The van der Waals surface area contributed by atoms with Crippen molar-refractivity contribution in [2.45, 2.75) is 6.92 Å². The minimum atomic E-state index is -0.552. The van der Waals surface area contributed by atoms with Crippen molar-refractivity contribution in [2.75, 3.05) is 18.4 Å². The molecule has 0 aliphatic rings. The van der Waals surface area contributed by atoms with E-state index in [0.717, 1.165) is 0 Å². The average molecular weight is 344 g/mol. The average Bonchev–Trinajstić information content (AvgIpc) is 2.98. The van der Waals surface area contributed by atoms with Crippen molar-refractivity contribution in [1.29, 1.82) is 0 Å². The van der Waals surface area contributed by atoms with E-state index in [9.17, 15) is 19.7 Å². The van der Waals surface area contributed by atoms with Gasteiger partial charge in [-0.3, -0.25) is 19.7 Å². The van der Waals surface area contributed by atoms with Gasteiger partial charge < -0.3 is 14.7 Å². The van der Waals surface area contributed by atoms with Crippen molar-refractivity contribution in [2.24, 2.45) is 0 Å². The number of rotatable bonds is 7. The van der Waals surface area contributed by atoms with Crippen LogP contribution in [0.3, 0.4) is 0 Å². The van der Waals surface area contributed by atoms with Gasteiger partial charge >= 0.3 is 0 Å². The van der Waals surface area contributed by atoms with Crippen LogP contribution < -0.4 is 5.32 Å². The molecule has 2 rings (SSSR count). The van der Waals surface area contributed by atoms with Crippen LogP contribution in [0.5, 0.6) is 0 Å². The molecule has 0 aliphatic carbocycles. The van der Waals surface area contributed by atoms with Crippen LogP contribution in [0.4, 0.5) is 11.5 Å². The van der Waals surface area contributed by atoms with E-state index in [1.807, 2.05) is 0 Å². The topological polar surface area (TPSA) is 119 Å². The number of nitrogens with zero attached hydrogens (tertiary/aromatic N) is 3. The molecule has 0 fully saturated rings. The molecule has 9 heteroatoms. The van der Waals surface area contributed by atoms with Gasteiger partial charge in [0.15, 0.2) is 5.82 Å². The zero-order chi connectivity index (χ0) is 18.4. The van der Waals surface area contributed by atoms with E-state index in [-0.39, 0.29) is 30.2 Å². The van der Waals surface area contributed by atoms with Crippen LogP contribution >= 0.6 is 0 Å². The highest BCUT2D eigenvalue weighted by molar-refractivity contribution is 5.99. The Hall–Kier alpha value is -3.49. The highest BCUT2D eigenvalue weighted by Crippen LogP contribution is 2.14. The number of anilines is 1. The molecule has 0 saturated carbocycles. The molecule has 25 heavy (non-hydrogen) atoms. The quantitative estimate of drug-likeness (QED) is 0.467. The highest BCUT2D eigenvalue weighted by Gasteiger charge is 2.19. The molecule has 1 aromatic heterocycles. The summed E-state index contributed by atoms with van der Waals surface area (Å²) in [5.41, 5.74) is 0.114. The largest absolute Gasteiger partial charge is 0.360 e. The summed E-state index contributed by atoms with van der Waals surface area (Å²) in [6.45, 7) is 5.16. The lowest BCUT2D eigenvalue weighted by atomic mass is 10.2. The number of non-ortho nitro benzene ring substituents is 1. The van der Waals surface area contributed by atoms with Gasteiger partial charge in [0.1, 0.15) is 12.3 Å². The Morgan fingerprint density at radius 2 is 2.08 bits per heavy atom. The number of aryl methyl sites for hydroxylation is 1. The summed E-state index contributed by atoms with van der Waals surface area (Å²) in [6.07, 6.45) is 1.48. The first-order valence-electron chi connectivity index (χ1n) is 7.28. The number of benzene rings is 1. The van der Waals surface area contributed by atoms with Crippen LogP contribution in [0.2, 0.25) is 0 Å². The van der Waals surface area contributed by atoms with Gasteiger partial charge in [-0.15, -0.1) is 6.58 Å². The Labute approximate surface area is 143 Å². The molecular formula is C16H16N4O5. The SMILES string of the molecule is C=CCN(CC(=O)Nc1cc(C)on1)C(=O)c1ccc([N+](=O)[O-])cc1. The first-order chi connectivity index (χ1) is 11.9. The lowest BCUT2D eigenvalue weighted by molar-refractivity contribution is -0.384. The molecule has 0 atom stereocenters. The smallest absolute Gasteiger partial charge is 0.269 e. The predicted molar refractivity (Wildman–Crippen MR) is 89.1 cm³/mol. The monoisotopic (exact) mass is 344 g/mol. The van der Waals surface area contributed by atoms with E-state index in [4.69, 9.17) is 4.52 Å². The van der Waals surface area contributed by atoms with Crippen molar-refractivity contribution in [3.63, 3.8) is 0 Å². The molecule has 130 valence electrons. The summed E-state index contributed by atoms with van der Waals surface area (Å²) in [7, 11) is 0. The fraction of sp³-hybridized carbons (Fsp3) is 0.188. The van der Waals surface area contributed by atoms with Gasteiger partial charge in [-0.05, 0) is 19.1 Å². The molecule has 0 aliphatic heterocycles. The Balaban J connectivity index is 2.07. The fourth-order valence-electron chi connectivity index (χ4n) is 2.06. The van der Waals surface area contributed by atoms with Crippen LogP contribution in [-0.2, 0) is 4.79 Å². The number of amides is 2. The van der Waals surface area contributed by atoms with Crippen LogP contribution in [0.15, 0.2) is 47.5 Å². The number of aromatic nitrogens is 1. The van der Waals surface area contributed by atoms with E-state index in [1.54, 1.807) is 13.0 Å². The first-order valence-corrected chi connectivity index (χ1v) is 7.28. The molecule has 1 aromatic carbocycles. The zero-order valence-electron chi connectivity index (χ0n) is 13.5. The van der Waals surface area contributed by atoms with Crippen LogP contribution in [0.25, 0.3) is 0 Å². The van der Waals surface area contributed by atoms with Crippen molar-refractivity contribution >= 4 is 23.3 Å². The second kappa shape index (κ2) is 7.86. The second-order valence-electron chi connectivity index (χ2n) is 5.15. The molecule has 0 unspecified atom stereocenters. The first kappa shape index (κ1) is 17.9. The number of nitro benzene ring substituents is 1. The Bertz CT molecular complexity index is 797. The number of nitrogens with one attached hydrogen (secondary N) is 1. The van der Waals surface area contributed by atoms with Gasteiger partial charge in [-0.25, -0.2) is 0 Å². The summed E-state index contributed by atoms with van der Waals surface area (Å²) in [6, 6.07) is 6.70. The molecule has 2 aromatic rings. The van der Waals surface area contributed by atoms with Gasteiger partial charge in [0, 0.05) is 30.3 Å². The fourth-order valence-corrected chi connectivity index (χ4v) is 2.06. The maximum atomic E-state index is 12.5. The third-order valence-electron chi connectivity index (χ3n) is 3.19. The second-order valence-corrected chi connectivity index (χ2v) is 5.15. The summed E-state index contributed by atoms with van der Waals surface area (Å²) >= 11 is 0. The number of hydrogen-bond acceptors (Lipinski definition) is 6. The van der Waals surface area contributed by atoms with E-state index < -0.39 is 16.7 Å². The summed E-state index contributed by atoms with van der Waals surface area (Å²) < 4.78 is 4.85. The number of carbonyl (C=O) groups is 2. The van der Waals surface area contributed by atoms with Gasteiger partial charge in [0.2, 0.25) is 5.91 Å². The molecule has 1 heterocycles. The molecule has 2 amide bonds. The normalized spacial score (nSPS) is 10.1. The third kappa shape index (κ3) is 4.74. The molecule has 0 bridgehead atoms. The lowest BCUT2D eigenvalue weighted by Crippen LogP contribution is -2.38. The standard InChI is InChI=1S/C16H16N4O5/c1-3-8-19(10-15(21)17-14-9-11(2)25-18-14)16(22)12-4-6-13(7-5-12)20(23)24/h3-7,9H,1,8,10H2,2H3,(H,17,18,21). The summed E-state index contributed by atoms with van der Waals surface area (Å²) in [5, 5.41) is 16.8. The Morgan fingerprint density at radius 1 is 1.40 bits per heavy atom. The highest BCUT2D eigenvalue weighted by atomic mass is 16.6. The van der Waals surface area contributed by atoms with Gasteiger partial charge in [0.25, 0.3) is 11.6 Å². The van der Waals surface area contributed by atoms with Crippen molar-refractivity contribution < 1.29 is 19.0 Å². The number of carbonyl (C=O) groups excluding carboxylic acids is 2. The van der Waals surface area contributed by atoms with Gasteiger partial charge in [-0.2, -0.15) is 0 Å². The number of nitro groups is 1. The van der Waals surface area contributed by atoms with Crippen molar-refractivity contribution in [1.82, 2.24) is 10.1 Å². The minimum Gasteiger partial charge on any atom is -0.360 e. The predicted octanol–water partition coefficient (Wildman–Crippen LogP) is 2.16. The Kier molecular flexibility index (Phi) is 5.62. The van der Waals surface area contributed by atoms with Crippen LogP contribution in [0, 0.1) is 17.0 Å². The lowest BCUT2D eigenvalue weighted by Gasteiger charge is -2.20. The maximum absolute atomic E-state index is 12.5. The molecule has 0 radical (unpaired) electrons. The van der Waals surface area contributed by atoms with Crippen LogP contribution in [0.1, 0.15) is 16.1 Å². The zero-order valence-corrected chi connectivity index (χ0v) is 13.5. The summed E-state index contributed by atoms with van der Waals surface area (Å²) in [5.74, 6) is -0.101. The molecule has 0 spiro atoms. The minimum absolute atomic E-state index is 0.119. The maximum Gasteiger partial charge on any atom is 0.269 e. The molecular weight excluding hydrogens is 328 g/mol. The molecule has 0 saturated heterocycles. The van der Waals surface area contributed by atoms with E-state index in [2.05, 4.69) is 17.1 Å².